The van der Waals surface area contributed by atoms with Gasteiger partial charge in [0.1, 0.15) is 24.4 Å². The molecule has 11 heteroatoms. The highest BCUT2D eigenvalue weighted by molar-refractivity contribution is 4.92. The minimum absolute atomic E-state index is 0.188. The van der Waals surface area contributed by atoms with E-state index in [1.54, 1.807) is 7.11 Å². The normalized spacial score (nSPS) is 24.0. The molecule has 0 aliphatic carbocycles. The van der Waals surface area contributed by atoms with Crippen molar-refractivity contribution >= 4 is 0 Å². The monoisotopic (exact) mass is 559 g/mol. The molecule has 1 aliphatic heterocycles. The lowest BCUT2D eigenvalue weighted by molar-refractivity contribution is -0.264. The number of aliphatic hydroxyl groups excluding tert-OH is 2. The summed E-state index contributed by atoms with van der Waals surface area (Å²) in [7, 11) is 1.60. The Kier molecular flexibility index (Phi) is 22.9. The molecular formula is C28H57N5O6. The van der Waals surface area contributed by atoms with Crippen LogP contribution < -0.4 is 11.1 Å². The zero-order valence-electron chi connectivity index (χ0n) is 24.6. The van der Waals surface area contributed by atoms with Crippen LogP contribution in [0.4, 0.5) is 0 Å². The van der Waals surface area contributed by atoms with E-state index in [9.17, 15) is 10.2 Å². The molecule has 5 N–H and O–H groups in total. The van der Waals surface area contributed by atoms with Crippen LogP contribution in [0.3, 0.4) is 0 Å². The van der Waals surface area contributed by atoms with E-state index in [-0.39, 0.29) is 25.8 Å². The van der Waals surface area contributed by atoms with Gasteiger partial charge in [0.25, 0.3) is 0 Å². The van der Waals surface area contributed by atoms with Crippen molar-refractivity contribution in [3.05, 3.63) is 10.4 Å². The van der Waals surface area contributed by atoms with Crippen LogP contribution in [0.5, 0.6) is 0 Å². The number of hydrogen-bond acceptors (Lipinski definition) is 9. The van der Waals surface area contributed by atoms with E-state index in [0.717, 1.165) is 6.42 Å². The minimum atomic E-state index is -1.19. The van der Waals surface area contributed by atoms with Gasteiger partial charge in [-0.05, 0) is 12.0 Å². The largest absolute Gasteiger partial charge is 0.388 e. The Morgan fingerprint density at radius 3 is 2.08 bits per heavy atom. The number of unbranched alkanes of at least 4 members (excludes halogenated alkanes) is 13. The first-order chi connectivity index (χ1) is 19.0. The third-order valence-corrected chi connectivity index (χ3v) is 7.27. The number of nitrogens with zero attached hydrogens (tertiary/aromatic N) is 3. The molecule has 1 aliphatic rings. The summed E-state index contributed by atoms with van der Waals surface area (Å²) in [6.45, 7) is 4.49. The summed E-state index contributed by atoms with van der Waals surface area (Å²) in [5.41, 5.74) is 14.4. The SMILES string of the molecule is CCCCCCCCCCCCCCCCOCC(CO[C@@H]1OC(CNCCN=[N+]=[N-])[C@@H](O)[C@H](O)C1N)OC. The average molecular weight is 560 g/mol. The van der Waals surface area contributed by atoms with Gasteiger partial charge in [-0.15, -0.1) is 0 Å². The summed E-state index contributed by atoms with van der Waals surface area (Å²) in [6.07, 6.45) is 14.3. The summed E-state index contributed by atoms with van der Waals surface area (Å²) >= 11 is 0. The molecule has 0 radical (unpaired) electrons. The quantitative estimate of drug-likeness (QED) is 0.0530. The van der Waals surface area contributed by atoms with Crippen LogP contribution in [-0.2, 0) is 18.9 Å². The van der Waals surface area contributed by atoms with Crippen molar-refractivity contribution in [1.29, 1.82) is 0 Å². The van der Waals surface area contributed by atoms with Crippen molar-refractivity contribution < 1.29 is 29.2 Å². The van der Waals surface area contributed by atoms with Crippen LogP contribution in [0, 0.1) is 0 Å². The molecule has 0 aromatic rings. The van der Waals surface area contributed by atoms with Gasteiger partial charge in [-0.1, -0.05) is 95.5 Å². The number of aliphatic hydroxyl groups is 2. The molecule has 1 rings (SSSR count). The lowest BCUT2D eigenvalue weighted by Gasteiger charge is -2.41. The topological polar surface area (TPSA) is 164 Å². The molecule has 0 saturated carbocycles. The van der Waals surface area contributed by atoms with E-state index in [2.05, 4.69) is 22.3 Å². The highest BCUT2D eigenvalue weighted by Crippen LogP contribution is 2.21. The molecule has 6 atom stereocenters. The standard InChI is InChI=1S/C28H57N5O6/c1-3-4-5-6-7-8-9-10-11-12-13-14-15-16-19-37-21-23(36-2)22-38-28-25(29)27(35)26(34)24(39-28)20-31-17-18-32-33-30/h23-28,31,34-35H,3-22,29H2,1-2H3/t23?,24?,25?,26-,27-,28-/m1/s1. The Bertz CT molecular complexity index is 613. The Morgan fingerprint density at radius 2 is 1.51 bits per heavy atom. The van der Waals surface area contributed by atoms with Crippen molar-refractivity contribution in [3.8, 4) is 0 Å². The van der Waals surface area contributed by atoms with E-state index < -0.39 is 30.6 Å². The van der Waals surface area contributed by atoms with Gasteiger partial charge >= 0.3 is 0 Å². The molecule has 0 aromatic heterocycles. The van der Waals surface area contributed by atoms with Gasteiger partial charge < -0.3 is 40.2 Å². The second-order valence-corrected chi connectivity index (χ2v) is 10.6. The van der Waals surface area contributed by atoms with Gasteiger partial charge in [0.15, 0.2) is 6.29 Å². The third-order valence-electron chi connectivity index (χ3n) is 7.27. The summed E-state index contributed by atoms with van der Waals surface area (Å²) in [5, 5.41) is 27.1. The Hall–Kier alpha value is -1.01. The molecule has 0 amide bonds. The Morgan fingerprint density at radius 1 is 0.923 bits per heavy atom. The fraction of sp³-hybridized carbons (Fsp3) is 1.00. The van der Waals surface area contributed by atoms with Crippen LogP contribution in [0.15, 0.2) is 5.11 Å². The molecule has 11 nitrogen and oxygen atoms in total. The number of ether oxygens (including phenoxy) is 4. The molecule has 0 bridgehead atoms. The molecule has 0 aromatic carbocycles. The Labute approximate surface area is 236 Å². The minimum Gasteiger partial charge on any atom is -0.388 e. The van der Waals surface area contributed by atoms with Gasteiger partial charge in [0, 0.05) is 38.3 Å². The third kappa shape index (κ3) is 17.4. The van der Waals surface area contributed by atoms with Crippen LogP contribution in [0.25, 0.3) is 10.4 Å². The first kappa shape index (κ1) is 36.0. The van der Waals surface area contributed by atoms with Crippen LogP contribution >= 0.6 is 0 Å². The number of nitrogens with two attached hydrogens (primary N) is 1. The van der Waals surface area contributed by atoms with Crippen molar-refractivity contribution in [3.63, 3.8) is 0 Å². The molecule has 3 unspecified atom stereocenters. The second-order valence-electron chi connectivity index (χ2n) is 10.6. The maximum atomic E-state index is 10.3. The van der Waals surface area contributed by atoms with Crippen molar-refractivity contribution in [2.45, 2.75) is 134 Å². The number of rotatable bonds is 26. The summed E-state index contributed by atoms with van der Waals surface area (Å²) in [6, 6.07) is -0.895. The predicted octanol–water partition coefficient (Wildman–Crippen LogP) is 4.19. The maximum absolute atomic E-state index is 10.3. The van der Waals surface area contributed by atoms with Gasteiger partial charge in [0.2, 0.25) is 0 Å². The maximum Gasteiger partial charge on any atom is 0.175 e. The fourth-order valence-corrected chi connectivity index (χ4v) is 4.69. The van der Waals surface area contributed by atoms with Crippen molar-refractivity contribution in [2.75, 3.05) is 46.6 Å². The predicted molar refractivity (Wildman–Crippen MR) is 153 cm³/mol. The first-order valence-electron chi connectivity index (χ1n) is 15.3. The number of azide groups is 1. The van der Waals surface area contributed by atoms with Crippen LogP contribution in [0.2, 0.25) is 0 Å². The van der Waals surface area contributed by atoms with E-state index in [4.69, 9.17) is 30.2 Å². The highest BCUT2D eigenvalue weighted by atomic mass is 16.7. The molecule has 230 valence electrons. The van der Waals surface area contributed by atoms with Gasteiger partial charge in [-0.25, -0.2) is 0 Å². The first-order valence-corrected chi connectivity index (χ1v) is 15.3. The van der Waals surface area contributed by atoms with Crippen LogP contribution in [-0.4, -0.2) is 93.5 Å². The zero-order chi connectivity index (χ0) is 28.6. The van der Waals surface area contributed by atoms with Crippen LogP contribution in [0.1, 0.15) is 96.8 Å². The molecule has 1 fully saturated rings. The lowest BCUT2D eigenvalue weighted by Crippen LogP contribution is -2.63. The van der Waals surface area contributed by atoms with E-state index in [1.165, 1.54) is 83.5 Å². The average Bonchev–Trinajstić information content (AvgIpc) is 2.94. The second kappa shape index (κ2) is 24.8. The number of hydrogen-bond donors (Lipinski definition) is 4. The highest BCUT2D eigenvalue weighted by Gasteiger charge is 2.43. The number of methoxy groups -OCH3 is 1. The number of nitrogens with one attached hydrogen (secondary N) is 1. The van der Waals surface area contributed by atoms with Gasteiger partial charge in [-0.3, -0.25) is 0 Å². The van der Waals surface area contributed by atoms with Gasteiger partial charge in [-0.2, -0.15) is 0 Å². The summed E-state index contributed by atoms with van der Waals surface area (Å²) in [5.74, 6) is 0. The summed E-state index contributed by atoms with van der Waals surface area (Å²) < 4.78 is 22.9. The summed E-state index contributed by atoms with van der Waals surface area (Å²) in [4.78, 5) is 2.69. The molecule has 0 spiro atoms. The van der Waals surface area contributed by atoms with Crippen molar-refractivity contribution in [1.82, 2.24) is 5.32 Å². The molecule has 1 heterocycles. The smallest absolute Gasteiger partial charge is 0.175 e. The molecule has 39 heavy (non-hydrogen) atoms. The lowest BCUT2D eigenvalue weighted by atomic mass is 9.97. The van der Waals surface area contributed by atoms with Crippen molar-refractivity contribution in [2.24, 2.45) is 10.8 Å². The molecular weight excluding hydrogens is 502 g/mol. The fourth-order valence-electron chi connectivity index (χ4n) is 4.69. The Balaban J connectivity index is 2.08. The van der Waals surface area contributed by atoms with Gasteiger partial charge in [0.05, 0.1) is 19.3 Å². The molecule has 1 saturated heterocycles. The zero-order valence-corrected chi connectivity index (χ0v) is 24.6. The van der Waals surface area contributed by atoms with E-state index in [1.807, 2.05) is 0 Å². The van der Waals surface area contributed by atoms with E-state index >= 15 is 0 Å². The van der Waals surface area contributed by atoms with E-state index in [0.29, 0.717) is 19.8 Å².